The lowest BCUT2D eigenvalue weighted by Gasteiger charge is -2.26. The van der Waals surface area contributed by atoms with E-state index < -0.39 is 12.2 Å². The van der Waals surface area contributed by atoms with Crippen LogP contribution in [0.15, 0.2) is 73.3 Å². The Bertz CT molecular complexity index is 553. The largest absolute Gasteiger partial charge is 0.484 e. The summed E-state index contributed by atoms with van der Waals surface area (Å²) in [5.74, 6) is 0.696. The third-order valence-electron chi connectivity index (χ3n) is 3.42. The number of aliphatic hydroxyl groups excluding tert-OH is 1. The van der Waals surface area contributed by atoms with E-state index in [0.717, 1.165) is 5.56 Å². The smallest absolute Gasteiger partial charge is 0.145 e. The van der Waals surface area contributed by atoms with Gasteiger partial charge in [-0.15, -0.1) is 0 Å². The Labute approximate surface area is 131 Å². The first-order chi connectivity index (χ1) is 10.7. The van der Waals surface area contributed by atoms with Gasteiger partial charge in [0, 0.05) is 0 Å². The Morgan fingerprint density at radius 1 is 1.05 bits per heavy atom. The van der Waals surface area contributed by atoms with Crippen molar-refractivity contribution in [2.45, 2.75) is 31.8 Å². The molecule has 3 atom stereocenters. The van der Waals surface area contributed by atoms with E-state index in [4.69, 9.17) is 9.47 Å². The fourth-order valence-corrected chi connectivity index (χ4v) is 2.08. The van der Waals surface area contributed by atoms with Crippen LogP contribution >= 0.6 is 0 Å². The van der Waals surface area contributed by atoms with E-state index in [1.54, 1.807) is 6.08 Å². The topological polar surface area (TPSA) is 38.7 Å². The molecule has 0 aromatic heterocycles. The number of benzene rings is 2. The first-order valence-electron chi connectivity index (χ1n) is 7.38. The molecule has 0 aliphatic rings. The molecule has 2 rings (SSSR count). The highest BCUT2D eigenvalue weighted by Crippen LogP contribution is 2.16. The van der Waals surface area contributed by atoms with E-state index in [2.05, 4.69) is 6.58 Å². The second-order valence-corrected chi connectivity index (χ2v) is 5.12. The highest BCUT2D eigenvalue weighted by Gasteiger charge is 2.24. The zero-order chi connectivity index (χ0) is 15.8. The number of hydrogen-bond acceptors (Lipinski definition) is 3. The molecule has 3 nitrogen and oxygen atoms in total. The maximum absolute atomic E-state index is 10.4. The van der Waals surface area contributed by atoms with Gasteiger partial charge in [-0.2, -0.15) is 0 Å². The molecule has 1 N–H and O–H groups in total. The van der Waals surface area contributed by atoms with Gasteiger partial charge in [-0.3, -0.25) is 0 Å². The van der Waals surface area contributed by atoms with Crippen LogP contribution in [-0.4, -0.2) is 23.4 Å². The zero-order valence-electron chi connectivity index (χ0n) is 12.8. The summed E-state index contributed by atoms with van der Waals surface area (Å²) in [6.45, 7) is 6.02. The molecule has 2 aromatic rings. The van der Waals surface area contributed by atoms with Gasteiger partial charge in [-0.05, 0) is 30.7 Å². The molecule has 0 heterocycles. The molecule has 0 unspecified atom stereocenters. The summed E-state index contributed by atoms with van der Waals surface area (Å²) in [6.07, 6.45) is -0.0819. The molecule has 22 heavy (non-hydrogen) atoms. The molecule has 0 amide bonds. The van der Waals surface area contributed by atoms with Crippen molar-refractivity contribution in [2.75, 3.05) is 0 Å². The molecule has 0 fully saturated rings. The molecule has 0 aliphatic heterocycles. The van der Waals surface area contributed by atoms with E-state index in [1.807, 2.05) is 67.6 Å². The lowest BCUT2D eigenvalue weighted by atomic mass is 10.1. The minimum Gasteiger partial charge on any atom is -0.484 e. The van der Waals surface area contributed by atoms with Crippen molar-refractivity contribution in [3.05, 3.63) is 78.9 Å². The number of hydrogen-bond donors (Lipinski definition) is 1. The van der Waals surface area contributed by atoms with E-state index in [9.17, 15) is 5.11 Å². The Kier molecular flexibility index (Phi) is 6.19. The van der Waals surface area contributed by atoms with Crippen LogP contribution in [0.25, 0.3) is 0 Å². The van der Waals surface area contributed by atoms with Crippen molar-refractivity contribution in [1.82, 2.24) is 0 Å². The molecule has 0 saturated carbocycles. The third kappa shape index (κ3) is 4.72. The highest BCUT2D eigenvalue weighted by molar-refractivity contribution is 5.22. The number of aliphatic hydroxyl groups is 1. The summed E-state index contributed by atoms with van der Waals surface area (Å²) in [6, 6.07) is 19.2. The van der Waals surface area contributed by atoms with Crippen molar-refractivity contribution in [1.29, 1.82) is 0 Å². The summed E-state index contributed by atoms with van der Waals surface area (Å²) in [5.41, 5.74) is 1.07. The lowest BCUT2D eigenvalue weighted by molar-refractivity contribution is -0.0682. The van der Waals surface area contributed by atoms with Crippen LogP contribution in [0.5, 0.6) is 5.75 Å². The van der Waals surface area contributed by atoms with E-state index in [0.29, 0.717) is 12.4 Å². The van der Waals surface area contributed by atoms with Crippen molar-refractivity contribution >= 4 is 0 Å². The highest BCUT2D eigenvalue weighted by atomic mass is 16.5. The van der Waals surface area contributed by atoms with Crippen molar-refractivity contribution < 1.29 is 14.6 Å². The molecular weight excluding hydrogens is 276 g/mol. The molecule has 0 saturated heterocycles. The summed E-state index contributed by atoms with van der Waals surface area (Å²) >= 11 is 0. The van der Waals surface area contributed by atoms with Crippen LogP contribution in [-0.2, 0) is 11.3 Å². The minimum absolute atomic E-state index is 0.369. The first-order valence-corrected chi connectivity index (χ1v) is 7.38. The fourth-order valence-electron chi connectivity index (χ4n) is 2.08. The van der Waals surface area contributed by atoms with Gasteiger partial charge in [-0.1, -0.05) is 55.1 Å². The zero-order valence-corrected chi connectivity index (χ0v) is 12.8. The average molecular weight is 298 g/mol. The normalized spacial score (nSPS) is 14.8. The second-order valence-electron chi connectivity index (χ2n) is 5.12. The second kappa shape index (κ2) is 8.37. The summed E-state index contributed by atoms with van der Waals surface area (Å²) in [7, 11) is 0. The van der Waals surface area contributed by atoms with E-state index in [-0.39, 0.29) is 6.10 Å². The van der Waals surface area contributed by atoms with Gasteiger partial charge in [0.2, 0.25) is 0 Å². The van der Waals surface area contributed by atoms with E-state index >= 15 is 0 Å². The van der Waals surface area contributed by atoms with Crippen molar-refractivity contribution in [2.24, 2.45) is 0 Å². The fraction of sp³-hybridized carbons (Fsp3) is 0.263. The molecule has 116 valence electrons. The Morgan fingerprint density at radius 3 is 2.23 bits per heavy atom. The van der Waals surface area contributed by atoms with Crippen LogP contribution < -0.4 is 4.74 Å². The SMILES string of the molecule is C=C[C@H](Oc1ccccc1)[C@@H](O)[C@H](C)OCc1ccccc1. The van der Waals surface area contributed by atoms with Crippen LogP contribution in [0, 0.1) is 0 Å². The molecule has 0 aliphatic carbocycles. The summed E-state index contributed by atoms with van der Waals surface area (Å²) in [5, 5.41) is 10.4. The Hall–Kier alpha value is -2.10. The number of para-hydroxylation sites is 1. The van der Waals surface area contributed by atoms with Gasteiger partial charge in [0.15, 0.2) is 0 Å². The van der Waals surface area contributed by atoms with Gasteiger partial charge in [-0.25, -0.2) is 0 Å². The van der Waals surface area contributed by atoms with Crippen molar-refractivity contribution in [3.8, 4) is 5.75 Å². The Morgan fingerprint density at radius 2 is 1.64 bits per heavy atom. The number of ether oxygens (including phenoxy) is 2. The van der Waals surface area contributed by atoms with E-state index in [1.165, 1.54) is 0 Å². The Balaban J connectivity index is 1.90. The van der Waals surface area contributed by atoms with Crippen LogP contribution in [0.2, 0.25) is 0 Å². The van der Waals surface area contributed by atoms with Gasteiger partial charge in [0.25, 0.3) is 0 Å². The predicted octanol–water partition coefficient (Wildman–Crippen LogP) is 3.59. The van der Waals surface area contributed by atoms with Crippen LogP contribution in [0.3, 0.4) is 0 Å². The summed E-state index contributed by atoms with van der Waals surface area (Å²) < 4.78 is 11.5. The van der Waals surface area contributed by atoms with Gasteiger partial charge in [0.05, 0.1) is 12.7 Å². The average Bonchev–Trinajstić information content (AvgIpc) is 2.58. The maximum atomic E-state index is 10.4. The molecular formula is C19H22O3. The predicted molar refractivity (Wildman–Crippen MR) is 87.8 cm³/mol. The summed E-state index contributed by atoms with van der Waals surface area (Å²) in [4.78, 5) is 0. The van der Waals surface area contributed by atoms with Crippen LogP contribution in [0.4, 0.5) is 0 Å². The van der Waals surface area contributed by atoms with Gasteiger partial charge in [0.1, 0.15) is 18.0 Å². The monoisotopic (exact) mass is 298 g/mol. The quantitative estimate of drug-likeness (QED) is 0.757. The van der Waals surface area contributed by atoms with Crippen molar-refractivity contribution in [3.63, 3.8) is 0 Å². The van der Waals surface area contributed by atoms with Crippen LogP contribution in [0.1, 0.15) is 12.5 Å². The maximum Gasteiger partial charge on any atom is 0.145 e. The standard InChI is InChI=1S/C19H22O3/c1-3-18(22-17-12-8-5-9-13-17)19(20)15(2)21-14-16-10-6-4-7-11-16/h3-13,15,18-20H,1,14H2,2H3/t15-,18-,19-/m0/s1. The molecule has 0 spiro atoms. The molecule has 0 radical (unpaired) electrons. The third-order valence-corrected chi connectivity index (χ3v) is 3.42. The molecule has 2 aromatic carbocycles. The molecule has 0 bridgehead atoms. The lowest BCUT2D eigenvalue weighted by Crippen LogP contribution is -2.39. The molecule has 3 heteroatoms. The van der Waals surface area contributed by atoms with Gasteiger partial charge < -0.3 is 14.6 Å². The minimum atomic E-state index is -0.790. The van der Waals surface area contributed by atoms with Gasteiger partial charge >= 0.3 is 0 Å². The number of rotatable bonds is 8. The first kappa shape index (κ1) is 16.3.